The minimum Gasteiger partial charge on any atom is -0.386 e. The third-order valence-electron chi connectivity index (χ3n) is 3.97. The van der Waals surface area contributed by atoms with Crippen LogP contribution < -0.4 is 4.90 Å². The number of β-amino-alcohol motifs (C(OH)–C–C–N with tert-alkyl or cyclic N) is 1. The second-order valence-electron chi connectivity index (χ2n) is 6.03. The molecule has 1 aliphatic heterocycles. The summed E-state index contributed by atoms with van der Waals surface area (Å²) in [6.07, 6.45) is 7.17. The molecule has 0 bridgehead atoms. The Bertz CT molecular complexity index is 688. The van der Waals surface area contributed by atoms with Crippen molar-refractivity contribution in [3.05, 3.63) is 36.7 Å². The quantitative estimate of drug-likeness (QED) is 0.849. The second kappa shape index (κ2) is 5.96. The maximum atomic E-state index is 12.3. The van der Waals surface area contributed by atoms with E-state index in [1.54, 1.807) is 42.6 Å². The van der Waals surface area contributed by atoms with Crippen LogP contribution in [0.4, 0.5) is 5.95 Å². The predicted molar refractivity (Wildman–Crippen MR) is 84.0 cm³/mol. The summed E-state index contributed by atoms with van der Waals surface area (Å²) >= 11 is 0. The number of anilines is 1. The predicted octanol–water partition coefficient (Wildman–Crippen LogP) is -0.0765. The van der Waals surface area contributed by atoms with E-state index in [-0.39, 0.29) is 12.5 Å². The highest BCUT2D eigenvalue weighted by Crippen LogP contribution is 2.25. The van der Waals surface area contributed by atoms with Gasteiger partial charge in [0.05, 0.1) is 19.4 Å². The summed E-state index contributed by atoms with van der Waals surface area (Å²) in [6, 6.07) is 1.76. The average Bonchev–Trinajstić information content (AvgIpc) is 3.14. The van der Waals surface area contributed by atoms with Crippen molar-refractivity contribution in [2.45, 2.75) is 12.0 Å². The largest absolute Gasteiger partial charge is 0.386 e. The third-order valence-corrected chi connectivity index (χ3v) is 3.97. The number of nitrogens with zero attached hydrogens (tertiary/aromatic N) is 6. The van der Waals surface area contributed by atoms with E-state index in [0.29, 0.717) is 31.2 Å². The highest BCUT2D eigenvalue weighted by atomic mass is 16.3. The first-order valence-corrected chi connectivity index (χ1v) is 7.45. The lowest BCUT2D eigenvalue weighted by Gasteiger charge is -2.28. The van der Waals surface area contributed by atoms with Crippen LogP contribution in [0.25, 0.3) is 0 Å². The minimum absolute atomic E-state index is 0.201. The number of amides is 1. The number of aliphatic hydroxyl groups is 1. The number of carbonyl (C=O) groups excluding carboxylic acids is 1. The van der Waals surface area contributed by atoms with Crippen LogP contribution in [0.2, 0.25) is 0 Å². The summed E-state index contributed by atoms with van der Waals surface area (Å²) in [5.74, 6) is 0.399. The van der Waals surface area contributed by atoms with Crippen LogP contribution in [-0.2, 0) is 7.05 Å². The molecule has 0 aromatic carbocycles. The maximum absolute atomic E-state index is 12.3. The molecule has 1 atom stereocenters. The molecule has 0 aliphatic carbocycles. The fraction of sp³-hybridized carbons (Fsp3) is 0.467. The van der Waals surface area contributed by atoms with Crippen LogP contribution in [0.1, 0.15) is 16.9 Å². The fourth-order valence-corrected chi connectivity index (χ4v) is 2.84. The van der Waals surface area contributed by atoms with E-state index in [2.05, 4.69) is 15.0 Å². The lowest BCUT2D eigenvalue weighted by atomic mass is 10.0. The summed E-state index contributed by atoms with van der Waals surface area (Å²) in [7, 11) is 3.49. The summed E-state index contributed by atoms with van der Waals surface area (Å²) in [6.45, 7) is 1.30. The molecule has 0 radical (unpaired) electrons. The molecule has 1 amide bonds. The minimum atomic E-state index is -0.974. The molecule has 0 saturated carbocycles. The fourth-order valence-electron chi connectivity index (χ4n) is 2.84. The molecule has 8 nitrogen and oxygen atoms in total. The number of hydrogen-bond donors (Lipinski definition) is 1. The Kier molecular flexibility index (Phi) is 3.99. The third kappa shape index (κ3) is 3.31. The number of likely N-dealkylation sites (N-methyl/N-ethyl adjacent to an activating group) is 1. The Morgan fingerprint density at radius 1 is 1.39 bits per heavy atom. The molecule has 2 aromatic heterocycles. The molecule has 1 fully saturated rings. The van der Waals surface area contributed by atoms with E-state index in [9.17, 15) is 9.90 Å². The monoisotopic (exact) mass is 316 g/mol. The van der Waals surface area contributed by atoms with Gasteiger partial charge in [-0.3, -0.25) is 4.79 Å². The van der Waals surface area contributed by atoms with Gasteiger partial charge in [0.1, 0.15) is 11.3 Å². The van der Waals surface area contributed by atoms with Crippen molar-refractivity contribution in [2.24, 2.45) is 7.05 Å². The maximum Gasteiger partial charge on any atom is 0.273 e. The van der Waals surface area contributed by atoms with Crippen molar-refractivity contribution in [3.63, 3.8) is 0 Å². The normalized spacial score (nSPS) is 20.7. The van der Waals surface area contributed by atoms with Gasteiger partial charge in [-0.15, -0.1) is 0 Å². The van der Waals surface area contributed by atoms with Gasteiger partial charge in [-0.2, -0.15) is 0 Å². The van der Waals surface area contributed by atoms with Gasteiger partial charge < -0.3 is 19.5 Å². The highest BCUT2D eigenvalue weighted by molar-refractivity contribution is 5.91. The number of imidazole rings is 1. The SMILES string of the molecule is CN(C[C@@]1(O)CCN(c2ncccn2)C1)C(=O)c1cn(C)cn1. The number of aryl methyl sites for hydroxylation is 1. The van der Waals surface area contributed by atoms with Gasteiger partial charge in [0.25, 0.3) is 5.91 Å². The van der Waals surface area contributed by atoms with E-state index >= 15 is 0 Å². The van der Waals surface area contributed by atoms with E-state index in [0.717, 1.165) is 0 Å². The van der Waals surface area contributed by atoms with Crippen LogP contribution >= 0.6 is 0 Å². The number of rotatable bonds is 4. The zero-order chi connectivity index (χ0) is 16.4. The van der Waals surface area contributed by atoms with E-state index in [4.69, 9.17) is 0 Å². The van der Waals surface area contributed by atoms with Gasteiger partial charge in [0.15, 0.2) is 0 Å². The summed E-state index contributed by atoms with van der Waals surface area (Å²) in [4.78, 5) is 28.2. The zero-order valence-corrected chi connectivity index (χ0v) is 13.3. The van der Waals surface area contributed by atoms with Gasteiger partial charge in [-0.25, -0.2) is 15.0 Å². The number of hydrogen-bond acceptors (Lipinski definition) is 6. The molecule has 1 saturated heterocycles. The summed E-state index contributed by atoms with van der Waals surface area (Å²) < 4.78 is 1.72. The highest BCUT2D eigenvalue weighted by Gasteiger charge is 2.39. The van der Waals surface area contributed by atoms with Crippen LogP contribution in [0.3, 0.4) is 0 Å². The van der Waals surface area contributed by atoms with Gasteiger partial charge in [0, 0.05) is 39.2 Å². The van der Waals surface area contributed by atoms with Gasteiger partial charge >= 0.3 is 0 Å². The average molecular weight is 316 g/mol. The Labute approximate surface area is 134 Å². The second-order valence-corrected chi connectivity index (χ2v) is 6.03. The van der Waals surface area contributed by atoms with Gasteiger partial charge in [-0.05, 0) is 12.5 Å². The smallest absolute Gasteiger partial charge is 0.273 e. The van der Waals surface area contributed by atoms with Gasteiger partial charge in [0.2, 0.25) is 5.95 Å². The van der Waals surface area contributed by atoms with E-state index in [1.165, 1.54) is 4.90 Å². The molecule has 3 heterocycles. The number of carbonyl (C=O) groups is 1. The Morgan fingerprint density at radius 2 is 2.13 bits per heavy atom. The Hall–Kier alpha value is -2.48. The lowest BCUT2D eigenvalue weighted by Crippen LogP contribution is -2.46. The van der Waals surface area contributed by atoms with Crippen molar-refractivity contribution in [3.8, 4) is 0 Å². The van der Waals surface area contributed by atoms with E-state index < -0.39 is 5.60 Å². The molecule has 3 rings (SSSR count). The molecule has 0 unspecified atom stereocenters. The molecular formula is C15H20N6O2. The molecule has 8 heteroatoms. The van der Waals surface area contributed by atoms with Crippen LogP contribution in [0.5, 0.6) is 0 Å². The van der Waals surface area contributed by atoms with Crippen LogP contribution in [0, 0.1) is 0 Å². The summed E-state index contributed by atoms with van der Waals surface area (Å²) in [5, 5.41) is 10.8. The van der Waals surface area contributed by atoms with Crippen molar-refractivity contribution in [2.75, 3.05) is 31.6 Å². The van der Waals surface area contributed by atoms with Crippen LogP contribution in [0.15, 0.2) is 31.0 Å². The zero-order valence-electron chi connectivity index (χ0n) is 13.3. The molecule has 1 N–H and O–H groups in total. The van der Waals surface area contributed by atoms with Crippen molar-refractivity contribution in [1.29, 1.82) is 0 Å². The van der Waals surface area contributed by atoms with Crippen molar-refractivity contribution < 1.29 is 9.90 Å². The van der Waals surface area contributed by atoms with E-state index in [1.807, 2.05) is 11.9 Å². The topological polar surface area (TPSA) is 87.4 Å². The molecule has 23 heavy (non-hydrogen) atoms. The van der Waals surface area contributed by atoms with Crippen LogP contribution in [-0.4, -0.2) is 67.7 Å². The van der Waals surface area contributed by atoms with Crippen molar-refractivity contribution >= 4 is 11.9 Å². The van der Waals surface area contributed by atoms with Crippen molar-refractivity contribution in [1.82, 2.24) is 24.4 Å². The molecule has 0 spiro atoms. The van der Waals surface area contributed by atoms with Gasteiger partial charge in [-0.1, -0.05) is 0 Å². The lowest BCUT2D eigenvalue weighted by molar-refractivity contribution is 0.0262. The summed E-state index contributed by atoms with van der Waals surface area (Å²) in [5.41, 5.74) is -0.599. The molecule has 1 aliphatic rings. The first-order chi connectivity index (χ1) is 11.0. The molecule has 122 valence electrons. The standard InChI is InChI=1S/C15H20N6O2/c1-19-8-12(18-11-19)13(22)20(2)9-15(23)4-7-21(10-15)14-16-5-3-6-17-14/h3,5-6,8,11,23H,4,7,9-10H2,1-2H3/t15-/m0/s1. The number of aromatic nitrogens is 4. The first-order valence-electron chi connectivity index (χ1n) is 7.45. The Morgan fingerprint density at radius 3 is 2.78 bits per heavy atom. The Balaban J connectivity index is 1.64. The molecular weight excluding hydrogens is 296 g/mol. The molecule has 2 aromatic rings. The first kappa shape index (κ1) is 15.4.